The second kappa shape index (κ2) is 6.24. The summed E-state index contributed by atoms with van der Waals surface area (Å²) in [6, 6.07) is 6.75. The van der Waals surface area contributed by atoms with Crippen LogP contribution in [0.1, 0.15) is 34.6 Å². The predicted octanol–water partition coefficient (Wildman–Crippen LogP) is 3.83. The number of rotatable bonds is 3. The average Bonchev–Trinajstić information content (AvgIpc) is 2.90. The van der Waals surface area contributed by atoms with Crippen molar-refractivity contribution >= 4 is 49.8 Å². The molecule has 0 aliphatic carbocycles. The molecule has 0 saturated heterocycles. The lowest BCUT2D eigenvalue weighted by atomic mass is 10.1. The third kappa shape index (κ3) is 2.87. The van der Waals surface area contributed by atoms with Gasteiger partial charge in [0.25, 0.3) is 0 Å². The summed E-state index contributed by atoms with van der Waals surface area (Å²) in [5.41, 5.74) is 2.69. The number of hydrogen-bond acceptors (Lipinski definition) is 5. The zero-order chi connectivity index (χ0) is 17.4. The molecule has 1 aromatic carbocycles. The Kier molecular flexibility index (Phi) is 4.28. The largest absolute Gasteiger partial charge is 0.465 e. The van der Waals surface area contributed by atoms with Crippen molar-refractivity contribution in [2.45, 2.75) is 20.0 Å². The number of carbonyl (C=O) groups excluding carboxylic acids is 2. The molecule has 2 heterocycles. The van der Waals surface area contributed by atoms with Gasteiger partial charge in [-0.25, -0.2) is 14.6 Å². The molecule has 0 spiro atoms. The molecule has 0 aliphatic heterocycles. The quantitative estimate of drug-likeness (QED) is 0.542. The molecule has 0 radical (unpaired) electrons. The van der Waals surface area contributed by atoms with Gasteiger partial charge in [0.05, 0.1) is 35.4 Å². The van der Waals surface area contributed by atoms with Crippen LogP contribution in [-0.4, -0.2) is 35.1 Å². The number of benzene rings is 1. The van der Waals surface area contributed by atoms with Crippen LogP contribution in [0.15, 0.2) is 28.9 Å². The number of aromatic nitrogens is 2. The Morgan fingerprint density at radius 1 is 1.21 bits per heavy atom. The number of pyridine rings is 1. The number of esters is 2. The maximum Gasteiger partial charge on any atom is 0.340 e. The molecule has 0 bridgehead atoms. The van der Waals surface area contributed by atoms with Crippen LogP contribution >= 0.6 is 15.9 Å². The highest BCUT2D eigenvalue weighted by atomic mass is 79.9. The first-order valence-corrected chi connectivity index (χ1v) is 8.11. The van der Waals surface area contributed by atoms with Crippen LogP contribution in [0.4, 0.5) is 0 Å². The molecule has 0 saturated carbocycles. The molecule has 1 N–H and O–H groups in total. The number of halogens is 1. The number of ether oxygens (including phenoxy) is 2. The summed E-state index contributed by atoms with van der Waals surface area (Å²) in [5, 5.41) is 0.803. The summed E-state index contributed by atoms with van der Waals surface area (Å²) in [6.07, 6.45) is -0.195. The number of hydrogen-bond donors (Lipinski definition) is 1. The highest BCUT2D eigenvalue weighted by Crippen LogP contribution is 2.29. The molecular formula is C17H15BrN2O4. The van der Waals surface area contributed by atoms with Crippen LogP contribution in [0, 0.1) is 0 Å². The van der Waals surface area contributed by atoms with Gasteiger partial charge in [0, 0.05) is 10.9 Å². The molecule has 2 aromatic heterocycles. The van der Waals surface area contributed by atoms with Crippen LogP contribution < -0.4 is 0 Å². The Bertz CT molecular complexity index is 962. The molecule has 3 rings (SSSR count). The maximum atomic E-state index is 12.1. The van der Waals surface area contributed by atoms with E-state index in [2.05, 4.69) is 25.9 Å². The van der Waals surface area contributed by atoms with Crippen molar-refractivity contribution < 1.29 is 19.1 Å². The van der Waals surface area contributed by atoms with Gasteiger partial charge >= 0.3 is 11.9 Å². The number of H-pyrrole nitrogens is 1. The number of aromatic amines is 1. The summed E-state index contributed by atoms with van der Waals surface area (Å²) in [4.78, 5) is 31.6. The smallest absolute Gasteiger partial charge is 0.340 e. The first-order valence-electron chi connectivity index (χ1n) is 7.32. The van der Waals surface area contributed by atoms with E-state index in [1.807, 2.05) is 0 Å². The molecule has 0 aliphatic rings. The van der Waals surface area contributed by atoms with Crippen LogP contribution in [0.2, 0.25) is 0 Å². The Labute approximate surface area is 146 Å². The van der Waals surface area contributed by atoms with Crippen molar-refractivity contribution in [1.29, 1.82) is 0 Å². The van der Waals surface area contributed by atoms with Crippen LogP contribution in [0.3, 0.4) is 0 Å². The van der Waals surface area contributed by atoms with Crippen molar-refractivity contribution in [3.8, 4) is 0 Å². The Morgan fingerprint density at radius 3 is 2.62 bits per heavy atom. The predicted molar refractivity (Wildman–Crippen MR) is 93.2 cm³/mol. The maximum absolute atomic E-state index is 12.1. The molecule has 7 heteroatoms. The fourth-order valence-corrected chi connectivity index (χ4v) is 2.91. The normalized spacial score (nSPS) is 11.2. The number of nitrogens with one attached hydrogen (secondary N) is 1. The Balaban J connectivity index is 2.20. The second-order valence-electron chi connectivity index (χ2n) is 5.55. The molecule has 0 atom stereocenters. The number of carbonyl (C=O) groups is 2. The van der Waals surface area contributed by atoms with Crippen molar-refractivity contribution in [2.75, 3.05) is 7.11 Å². The molecule has 0 unspecified atom stereocenters. The average molecular weight is 391 g/mol. The van der Waals surface area contributed by atoms with Crippen LogP contribution in [-0.2, 0) is 9.47 Å². The zero-order valence-electron chi connectivity index (χ0n) is 13.3. The molecule has 0 fully saturated rings. The third-order valence-corrected chi connectivity index (χ3v) is 3.91. The zero-order valence-corrected chi connectivity index (χ0v) is 14.9. The topological polar surface area (TPSA) is 81.3 Å². The van der Waals surface area contributed by atoms with Gasteiger partial charge < -0.3 is 14.5 Å². The van der Waals surface area contributed by atoms with E-state index in [9.17, 15) is 9.59 Å². The van der Waals surface area contributed by atoms with Crippen molar-refractivity contribution in [3.63, 3.8) is 0 Å². The number of nitrogens with zero attached hydrogens (tertiary/aromatic N) is 1. The molecule has 24 heavy (non-hydrogen) atoms. The minimum atomic E-state index is -0.464. The van der Waals surface area contributed by atoms with E-state index >= 15 is 0 Å². The van der Waals surface area contributed by atoms with E-state index in [0.29, 0.717) is 32.3 Å². The lowest BCUT2D eigenvalue weighted by molar-refractivity contribution is 0.0377. The van der Waals surface area contributed by atoms with Gasteiger partial charge in [0.2, 0.25) is 0 Å². The summed E-state index contributed by atoms with van der Waals surface area (Å²) in [7, 11) is 1.32. The van der Waals surface area contributed by atoms with Crippen LogP contribution in [0.25, 0.3) is 21.9 Å². The third-order valence-electron chi connectivity index (χ3n) is 3.51. The Hall–Kier alpha value is -2.41. The number of fused-ring (bicyclic) bond motifs is 3. The van der Waals surface area contributed by atoms with E-state index in [4.69, 9.17) is 9.47 Å². The first-order chi connectivity index (χ1) is 11.4. The molecule has 124 valence electrons. The summed E-state index contributed by atoms with van der Waals surface area (Å²) < 4.78 is 10.6. The van der Waals surface area contributed by atoms with Gasteiger partial charge in [-0.1, -0.05) is 0 Å². The fourth-order valence-electron chi connectivity index (χ4n) is 2.50. The van der Waals surface area contributed by atoms with Gasteiger partial charge in [0.15, 0.2) is 0 Å². The highest BCUT2D eigenvalue weighted by molar-refractivity contribution is 9.10. The molecule has 0 amide bonds. The number of methoxy groups -OCH3 is 1. The van der Waals surface area contributed by atoms with Gasteiger partial charge in [-0.2, -0.15) is 0 Å². The monoisotopic (exact) mass is 390 g/mol. The molecule has 3 aromatic rings. The van der Waals surface area contributed by atoms with Gasteiger partial charge in [-0.3, -0.25) is 0 Å². The minimum absolute atomic E-state index is 0.195. The van der Waals surface area contributed by atoms with Gasteiger partial charge in [-0.15, -0.1) is 0 Å². The second-order valence-corrected chi connectivity index (χ2v) is 6.36. The van der Waals surface area contributed by atoms with Gasteiger partial charge in [-0.05, 0) is 54.0 Å². The first kappa shape index (κ1) is 16.4. The van der Waals surface area contributed by atoms with Crippen molar-refractivity contribution in [3.05, 3.63) is 40.0 Å². The lowest BCUT2D eigenvalue weighted by Gasteiger charge is -2.07. The molecular weight excluding hydrogens is 376 g/mol. The highest BCUT2D eigenvalue weighted by Gasteiger charge is 2.18. The molecule has 6 nitrogen and oxygen atoms in total. The standard InChI is InChI=1S/C17H15BrN2O4/c1-8(2)24-16(21)9-4-5-10-12(6-9)19-15-11(17(22)23-3)7-13(18)20-14(10)15/h4-8,19H,1-3H3. The SMILES string of the molecule is COC(=O)c1cc(Br)nc2c1[nH]c1cc(C(=O)OC(C)C)ccc12. The van der Waals surface area contributed by atoms with Crippen molar-refractivity contribution in [2.24, 2.45) is 0 Å². The fraction of sp³-hybridized carbons (Fsp3) is 0.235. The van der Waals surface area contributed by atoms with Crippen LogP contribution in [0.5, 0.6) is 0 Å². The summed E-state index contributed by atoms with van der Waals surface area (Å²) >= 11 is 3.31. The van der Waals surface area contributed by atoms with E-state index < -0.39 is 11.9 Å². The van der Waals surface area contributed by atoms with E-state index in [0.717, 1.165) is 5.39 Å². The summed E-state index contributed by atoms with van der Waals surface area (Å²) in [6.45, 7) is 3.59. The van der Waals surface area contributed by atoms with Crippen molar-refractivity contribution in [1.82, 2.24) is 9.97 Å². The summed E-state index contributed by atoms with van der Waals surface area (Å²) in [5.74, 6) is -0.859. The van der Waals surface area contributed by atoms with Gasteiger partial charge in [0.1, 0.15) is 4.60 Å². The lowest BCUT2D eigenvalue weighted by Crippen LogP contribution is -2.11. The van der Waals surface area contributed by atoms with E-state index in [1.165, 1.54) is 7.11 Å². The Morgan fingerprint density at radius 2 is 1.96 bits per heavy atom. The van der Waals surface area contributed by atoms with E-state index in [1.54, 1.807) is 38.1 Å². The minimum Gasteiger partial charge on any atom is -0.465 e. The van der Waals surface area contributed by atoms with E-state index in [-0.39, 0.29) is 6.10 Å².